The summed E-state index contributed by atoms with van der Waals surface area (Å²) in [5, 5.41) is 0. The summed E-state index contributed by atoms with van der Waals surface area (Å²) in [7, 11) is 0. The van der Waals surface area contributed by atoms with Crippen LogP contribution in [0.4, 0.5) is 0 Å². The van der Waals surface area contributed by atoms with Crippen LogP contribution in [0.1, 0.15) is 23.6 Å². The fourth-order valence-corrected chi connectivity index (χ4v) is 2.50. The highest BCUT2D eigenvalue weighted by atomic mass is 16.5. The zero-order chi connectivity index (χ0) is 17.4. The maximum atomic E-state index is 11.0. The molecule has 0 atom stereocenters. The molecule has 0 aliphatic heterocycles. The summed E-state index contributed by atoms with van der Waals surface area (Å²) in [5.41, 5.74) is 9.32. The van der Waals surface area contributed by atoms with E-state index in [1.807, 2.05) is 49.4 Å². The van der Waals surface area contributed by atoms with E-state index in [9.17, 15) is 4.79 Å². The molecule has 0 bridgehead atoms. The van der Waals surface area contributed by atoms with Gasteiger partial charge in [-0.15, -0.1) is 6.58 Å². The van der Waals surface area contributed by atoms with Gasteiger partial charge in [-0.3, -0.25) is 4.79 Å². The van der Waals surface area contributed by atoms with E-state index in [-0.39, 0.29) is 0 Å². The average Bonchev–Trinajstić information content (AvgIpc) is 2.56. The first-order chi connectivity index (χ1) is 11.6. The van der Waals surface area contributed by atoms with Crippen LogP contribution in [-0.4, -0.2) is 12.5 Å². The van der Waals surface area contributed by atoms with Crippen LogP contribution in [0.15, 0.2) is 67.3 Å². The third-order valence-electron chi connectivity index (χ3n) is 3.73. The standard InChI is InChI=1S/C21H23NO2/c1-3-7-19-15-18(16(2)14-21(22)23)10-11-20(19)24-13-12-17-8-5-4-6-9-17/h3-6,8-11,14-15H,1,7,12-13H2,2H3,(H2,22,23)/b16-14-. The van der Waals surface area contributed by atoms with Gasteiger partial charge in [0.25, 0.3) is 0 Å². The fraction of sp³-hybridized carbons (Fsp3) is 0.190. The van der Waals surface area contributed by atoms with Crippen molar-refractivity contribution in [3.05, 3.63) is 84.0 Å². The highest BCUT2D eigenvalue weighted by Crippen LogP contribution is 2.25. The Kier molecular flexibility index (Phi) is 6.38. The van der Waals surface area contributed by atoms with Crippen molar-refractivity contribution in [3.63, 3.8) is 0 Å². The topological polar surface area (TPSA) is 52.3 Å². The Hall–Kier alpha value is -2.81. The molecule has 2 aromatic carbocycles. The number of ether oxygens (including phenoxy) is 1. The van der Waals surface area contributed by atoms with Gasteiger partial charge in [-0.1, -0.05) is 42.5 Å². The lowest BCUT2D eigenvalue weighted by atomic mass is 10.0. The number of hydrogen-bond acceptors (Lipinski definition) is 2. The third kappa shape index (κ3) is 5.13. The van der Waals surface area contributed by atoms with Crippen LogP contribution in [0, 0.1) is 0 Å². The summed E-state index contributed by atoms with van der Waals surface area (Å²) in [4.78, 5) is 11.0. The molecular weight excluding hydrogens is 298 g/mol. The smallest absolute Gasteiger partial charge is 0.241 e. The molecule has 1 amide bonds. The number of hydrogen-bond donors (Lipinski definition) is 1. The van der Waals surface area contributed by atoms with Crippen molar-refractivity contribution in [1.82, 2.24) is 0 Å². The minimum Gasteiger partial charge on any atom is -0.493 e. The third-order valence-corrected chi connectivity index (χ3v) is 3.73. The molecule has 3 heteroatoms. The monoisotopic (exact) mass is 321 g/mol. The summed E-state index contributed by atoms with van der Waals surface area (Å²) in [6.45, 7) is 6.29. The minimum atomic E-state index is -0.444. The van der Waals surface area contributed by atoms with Crippen molar-refractivity contribution in [2.45, 2.75) is 19.8 Å². The van der Waals surface area contributed by atoms with Gasteiger partial charge < -0.3 is 10.5 Å². The van der Waals surface area contributed by atoms with Crippen LogP contribution in [0.2, 0.25) is 0 Å². The second kappa shape index (κ2) is 8.73. The van der Waals surface area contributed by atoms with Gasteiger partial charge in [-0.05, 0) is 47.7 Å². The Morgan fingerprint density at radius 3 is 2.62 bits per heavy atom. The molecular formula is C21H23NO2. The summed E-state index contributed by atoms with van der Waals surface area (Å²) < 4.78 is 5.95. The second-order valence-electron chi connectivity index (χ2n) is 5.63. The van der Waals surface area contributed by atoms with Crippen LogP contribution in [0.3, 0.4) is 0 Å². The Balaban J connectivity index is 2.11. The van der Waals surface area contributed by atoms with E-state index in [0.717, 1.165) is 28.9 Å². The van der Waals surface area contributed by atoms with Crippen molar-refractivity contribution in [2.24, 2.45) is 5.73 Å². The molecule has 0 saturated heterocycles. The molecule has 0 aliphatic rings. The molecule has 0 saturated carbocycles. The van der Waals surface area contributed by atoms with E-state index in [4.69, 9.17) is 10.5 Å². The number of allylic oxidation sites excluding steroid dienone is 2. The summed E-state index contributed by atoms with van der Waals surface area (Å²) in [6.07, 6.45) is 4.84. The van der Waals surface area contributed by atoms with Crippen molar-refractivity contribution in [2.75, 3.05) is 6.61 Å². The summed E-state index contributed by atoms with van der Waals surface area (Å²) in [5.74, 6) is 0.405. The first kappa shape index (κ1) is 17.5. The number of carbonyl (C=O) groups is 1. The summed E-state index contributed by atoms with van der Waals surface area (Å²) in [6, 6.07) is 16.2. The predicted molar refractivity (Wildman–Crippen MR) is 98.8 cm³/mol. The van der Waals surface area contributed by atoms with Gasteiger partial charge in [-0.2, -0.15) is 0 Å². The minimum absolute atomic E-state index is 0.444. The van der Waals surface area contributed by atoms with Gasteiger partial charge >= 0.3 is 0 Å². The van der Waals surface area contributed by atoms with Gasteiger partial charge in [0.2, 0.25) is 5.91 Å². The maximum Gasteiger partial charge on any atom is 0.241 e. The molecule has 124 valence electrons. The second-order valence-corrected chi connectivity index (χ2v) is 5.63. The van der Waals surface area contributed by atoms with E-state index < -0.39 is 5.91 Å². The predicted octanol–water partition coefficient (Wildman–Crippen LogP) is 3.93. The molecule has 2 N–H and O–H groups in total. The van der Waals surface area contributed by atoms with Crippen LogP contribution in [0.25, 0.3) is 5.57 Å². The molecule has 0 radical (unpaired) electrons. The normalized spacial score (nSPS) is 11.1. The quantitative estimate of drug-likeness (QED) is 0.592. The molecule has 2 aromatic rings. The first-order valence-electron chi connectivity index (χ1n) is 7.99. The lowest BCUT2D eigenvalue weighted by Gasteiger charge is -2.13. The zero-order valence-electron chi connectivity index (χ0n) is 14.0. The van der Waals surface area contributed by atoms with Crippen molar-refractivity contribution < 1.29 is 9.53 Å². The van der Waals surface area contributed by atoms with Crippen molar-refractivity contribution >= 4 is 11.5 Å². The zero-order valence-corrected chi connectivity index (χ0v) is 14.0. The number of nitrogens with two attached hydrogens (primary N) is 1. The molecule has 3 nitrogen and oxygen atoms in total. The SMILES string of the molecule is C=CCc1cc(/C(C)=C\C(N)=O)ccc1OCCc1ccccc1. The highest BCUT2D eigenvalue weighted by molar-refractivity contribution is 5.93. The largest absolute Gasteiger partial charge is 0.493 e. The molecule has 0 fully saturated rings. The Labute approximate surface area is 143 Å². The summed E-state index contributed by atoms with van der Waals surface area (Å²) >= 11 is 0. The Bertz CT molecular complexity index is 733. The molecule has 0 aromatic heterocycles. The average molecular weight is 321 g/mol. The van der Waals surface area contributed by atoms with E-state index in [1.54, 1.807) is 0 Å². The molecule has 0 aliphatic carbocycles. The van der Waals surface area contributed by atoms with Gasteiger partial charge in [0.05, 0.1) is 6.61 Å². The lowest BCUT2D eigenvalue weighted by molar-refractivity contribution is -0.113. The first-order valence-corrected chi connectivity index (χ1v) is 7.99. The van der Waals surface area contributed by atoms with Crippen molar-refractivity contribution in [3.8, 4) is 5.75 Å². The molecule has 0 heterocycles. The molecule has 0 unspecified atom stereocenters. The van der Waals surface area contributed by atoms with Gasteiger partial charge in [-0.25, -0.2) is 0 Å². The number of primary amides is 1. The number of benzene rings is 2. The van der Waals surface area contributed by atoms with E-state index >= 15 is 0 Å². The van der Waals surface area contributed by atoms with Crippen LogP contribution in [-0.2, 0) is 17.6 Å². The van der Waals surface area contributed by atoms with E-state index in [1.165, 1.54) is 11.6 Å². The van der Waals surface area contributed by atoms with Crippen molar-refractivity contribution in [1.29, 1.82) is 0 Å². The molecule has 0 spiro atoms. The number of carbonyl (C=O) groups excluding carboxylic acids is 1. The number of amides is 1. The van der Waals surface area contributed by atoms with Gasteiger partial charge in [0.15, 0.2) is 0 Å². The fourth-order valence-electron chi connectivity index (χ4n) is 2.50. The van der Waals surface area contributed by atoms with E-state index in [0.29, 0.717) is 13.0 Å². The Morgan fingerprint density at radius 2 is 1.96 bits per heavy atom. The molecule has 24 heavy (non-hydrogen) atoms. The number of rotatable bonds is 8. The Morgan fingerprint density at radius 1 is 1.21 bits per heavy atom. The molecule has 2 rings (SSSR count). The van der Waals surface area contributed by atoms with Crippen LogP contribution >= 0.6 is 0 Å². The maximum absolute atomic E-state index is 11.0. The van der Waals surface area contributed by atoms with Crippen LogP contribution < -0.4 is 10.5 Å². The lowest BCUT2D eigenvalue weighted by Crippen LogP contribution is -2.07. The highest BCUT2D eigenvalue weighted by Gasteiger charge is 2.06. The van der Waals surface area contributed by atoms with Crippen LogP contribution in [0.5, 0.6) is 5.75 Å². The van der Waals surface area contributed by atoms with Gasteiger partial charge in [0.1, 0.15) is 5.75 Å². The van der Waals surface area contributed by atoms with E-state index in [2.05, 4.69) is 18.7 Å². The van der Waals surface area contributed by atoms with Gasteiger partial charge in [0, 0.05) is 12.5 Å².